The van der Waals surface area contributed by atoms with Crippen LogP contribution in [-0.4, -0.2) is 11.4 Å². The Morgan fingerprint density at radius 1 is 1.47 bits per heavy atom. The molecule has 1 aliphatic rings. The first-order valence-corrected chi connectivity index (χ1v) is 4.98. The normalized spacial score (nSPS) is 17.1. The van der Waals surface area contributed by atoms with Gasteiger partial charge in [0.2, 0.25) is 0 Å². The highest BCUT2D eigenvalue weighted by atomic mass is 16.1. The van der Waals surface area contributed by atoms with Crippen molar-refractivity contribution in [3.05, 3.63) is 23.8 Å². The first-order valence-electron chi connectivity index (χ1n) is 4.98. The SMILES string of the molecule is CC1(Nc2cc(N)ccc2C(N)=O)CC1. The molecule has 0 saturated heterocycles. The van der Waals surface area contributed by atoms with Crippen LogP contribution >= 0.6 is 0 Å². The van der Waals surface area contributed by atoms with Gasteiger partial charge in [-0.2, -0.15) is 0 Å². The third kappa shape index (κ3) is 2.03. The number of carbonyl (C=O) groups is 1. The van der Waals surface area contributed by atoms with E-state index >= 15 is 0 Å². The van der Waals surface area contributed by atoms with Crippen LogP contribution in [0, 0.1) is 0 Å². The summed E-state index contributed by atoms with van der Waals surface area (Å²) in [5, 5.41) is 3.30. The number of nitrogen functional groups attached to an aromatic ring is 1. The number of hydrogen-bond acceptors (Lipinski definition) is 3. The molecule has 0 aliphatic heterocycles. The monoisotopic (exact) mass is 205 g/mol. The number of nitrogens with one attached hydrogen (secondary N) is 1. The van der Waals surface area contributed by atoms with Crippen LogP contribution in [0.25, 0.3) is 0 Å². The largest absolute Gasteiger partial charge is 0.399 e. The van der Waals surface area contributed by atoms with Crippen LogP contribution in [0.3, 0.4) is 0 Å². The van der Waals surface area contributed by atoms with Crippen LogP contribution in [0.1, 0.15) is 30.1 Å². The van der Waals surface area contributed by atoms with Gasteiger partial charge in [-0.25, -0.2) is 0 Å². The molecule has 4 nitrogen and oxygen atoms in total. The second-order valence-electron chi connectivity index (χ2n) is 4.35. The minimum absolute atomic E-state index is 0.109. The zero-order valence-corrected chi connectivity index (χ0v) is 8.71. The third-order valence-corrected chi connectivity index (χ3v) is 2.75. The average molecular weight is 205 g/mol. The Morgan fingerprint density at radius 2 is 2.13 bits per heavy atom. The average Bonchev–Trinajstić information content (AvgIpc) is 2.82. The number of benzene rings is 1. The van der Waals surface area contributed by atoms with E-state index in [9.17, 15) is 4.79 Å². The lowest BCUT2D eigenvalue weighted by molar-refractivity contribution is 0.100. The lowest BCUT2D eigenvalue weighted by Gasteiger charge is -2.16. The molecule has 2 rings (SSSR count). The lowest BCUT2D eigenvalue weighted by atomic mass is 10.1. The molecule has 1 aromatic rings. The number of nitrogens with two attached hydrogens (primary N) is 2. The molecule has 15 heavy (non-hydrogen) atoms. The van der Waals surface area contributed by atoms with Crippen molar-refractivity contribution in [1.29, 1.82) is 0 Å². The van der Waals surface area contributed by atoms with Crippen molar-refractivity contribution in [3.63, 3.8) is 0 Å². The van der Waals surface area contributed by atoms with Gasteiger partial charge in [-0.1, -0.05) is 0 Å². The molecule has 1 aliphatic carbocycles. The Balaban J connectivity index is 2.34. The highest BCUT2D eigenvalue weighted by Crippen LogP contribution is 2.39. The predicted octanol–water partition coefficient (Wildman–Crippen LogP) is 1.33. The molecular weight excluding hydrogens is 190 g/mol. The van der Waals surface area contributed by atoms with Gasteiger partial charge in [0.25, 0.3) is 5.91 Å². The molecule has 0 aromatic heterocycles. The molecule has 0 unspecified atom stereocenters. The molecule has 1 aromatic carbocycles. The van der Waals surface area contributed by atoms with Gasteiger partial charge in [-0.05, 0) is 38.0 Å². The maximum Gasteiger partial charge on any atom is 0.250 e. The second-order valence-corrected chi connectivity index (χ2v) is 4.35. The third-order valence-electron chi connectivity index (χ3n) is 2.75. The van der Waals surface area contributed by atoms with Crippen molar-refractivity contribution in [2.45, 2.75) is 25.3 Å². The van der Waals surface area contributed by atoms with E-state index < -0.39 is 5.91 Å². The summed E-state index contributed by atoms with van der Waals surface area (Å²) < 4.78 is 0. The van der Waals surface area contributed by atoms with Crippen molar-refractivity contribution in [3.8, 4) is 0 Å². The molecule has 1 saturated carbocycles. The van der Waals surface area contributed by atoms with E-state index in [1.807, 2.05) is 0 Å². The van der Waals surface area contributed by atoms with E-state index in [-0.39, 0.29) is 5.54 Å². The summed E-state index contributed by atoms with van der Waals surface area (Å²) in [5.41, 5.74) is 12.9. The van der Waals surface area contributed by atoms with Gasteiger partial charge in [0.15, 0.2) is 0 Å². The zero-order valence-electron chi connectivity index (χ0n) is 8.71. The van der Waals surface area contributed by atoms with E-state index in [2.05, 4.69) is 12.2 Å². The topological polar surface area (TPSA) is 81.1 Å². The molecule has 5 N–H and O–H groups in total. The van der Waals surface area contributed by atoms with Crippen molar-refractivity contribution in [1.82, 2.24) is 0 Å². The summed E-state index contributed by atoms with van der Waals surface area (Å²) in [4.78, 5) is 11.2. The van der Waals surface area contributed by atoms with Crippen LogP contribution in [0.4, 0.5) is 11.4 Å². The molecule has 0 spiro atoms. The fraction of sp³-hybridized carbons (Fsp3) is 0.364. The minimum atomic E-state index is -0.429. The Kier molecular flexibility index (Phi) is 2.07. The lowest BCUT2D eigenvalue weighted by Crippen LogP contribution is -2.21. The number of amides is 1. The minimum Gasteiger partial charge on any atom is -0.399 e. The number of rotatable bonds is 3. The highest BCUT2D eigenvalue weighted by molar-refractivity contribution is 5.99. The van der Waals surface area contributed by atoms with Gasteiger partial charge in [0, 0.05) is 16.9 Å². The summed E-state index contributed by atoms with van der Waals surface area (Å²) in [6, 6.07) is 5.09. The second kappa shape index (κ2) is 3.15. The summed E-state index contributed by atoms with van der Waals surface area (Å²) in [6.45, 7) is 2.11. The Hall–Kier alpha value is -1.71. The fourth-order valence-electron chi connectivity index (χ4n) is 1.52. The van der Waals surface area contributed by atoms with Gasteiger partial charge in [-0.15, -0.1) is 0 Å². The number of carbonyl (C=O) groups excluding carboxylic acids is 1. The number of anilines is 2. The van der Waals surface area contributed by atoms with Crippen LogP contribution in [0.15, 0.2) is 18.2 Å². The molecule has 0 bridgehead atoms. The first kappa shape index (κ1) is 9.83. The summed E-state index contributed by atoms with van der Waals surface area (Å²) in [7, 11) is 0. The Bertz CT molecular complexity index is 410. The van der Waals surface area contributed by atoms with E-state index in [0.29, 0.717) is 11.3 Å². The van der Waals surface area contributed by atoms with Crippen molar-refractivity contribution < 1.29 is 4.79 Å². The van der Waals surface area contributed by atoms with E-state index in [0.717, 1.165) is 18.5 Å². The number of hydrogen-bond donors (Lipinski definition) is 3. The van der Waals surface area contributed by atoms with Crippen LogP contribution in [-0.2, 0) is 0 Å². The maximum atomic E-state index is 11.2. The molecule has 0 atom stereocenters. The first-order chi connectivity index (χ1) is 7.00. The van der Waals surface area contributed by atoms with Crippen LogP contribution < -0.4 is 16.8 Å². The standard InChI is InChI=1S/C11H15N3O/c1-11(4-5-11)14-9-6-7(12)2-3-8(9)10(13)15/h2-3,6,14H,4-5,12H2,1H3,(H2,13,15). The molecule has 4 heteroatoms. The molecule has 0 heterocycles. The number of primary amides is 1. The van der Waals surface area contributed by atoms with Gasteiger partial charge in [-0.3, -0.25) is 4.79 Å². The zero-order chi connectivity index (χ0) is 11.1. The van der Waals surface area contributed by atoms with E-state index in [1.165, 1.54) is 0 Å². The van der Waals surface area contributed by atoms with Gasteiger partial charge >= 0.3 is 0 Å². The van der Waals surface area contributed by atoms with Gasteiger partial charge < -0.3 is 16.8 Å². The van der Waals surface area contributed by atoms with Crippen molar-refractivity contribution in [2.24, 2.45) is 5.73 Å². The Labute approximate surface area is 88.6 Å². The van der Waals surface area contributed by atoms with Gasteiger partial charge in [0.1, 0.15) is 0 Å². The quantitative estimate of drug-likeness (QED) is 0.651. The summed E-state index contributed by atoms with van der Waals surface area (Å²) >= 11 is 0. The molecule has 1 fully saturated rings. The van der Waals surface area contributed by atoms with E-state index in [1.54, 1.807) is 18.2 Å². The van der Waals surface area contributed by atoms with Crippen molar-refractivity contribution >= 4 is 17.3 Å². The van der Waals surface area contributed by atoms with Crippen LogP contribution in [0.5, 0.6) is 0 Å². The fourth-order valence-corrected chi connectivity index (χ4v) is 1.52. The molecule has 80 valence electrons. The van der Waals surface area contributed by atoms with Crippen molar-refractivity contribution in [2.75, 3.05) is 11.1 Å². The molecule has 1 amide bonds. The molecular formula is C11H15N3O. The van der Waals surface area contributed by atoms with Gasteiger partial charge in [0.05, 0.1) is 5.56 Å². The van der Waals surface area contributed by atoms with E-state index in [4.69, 9.17) is 11.5 Å². The summed E-state index contributed by atoms with van der Waals surface area (Å²) in [5.74, 6) is -0.429. The maximum absolute atomic E-state index is 11.2. The predicted molar refractivity (Wildman–Crippen MR) is 60.6 cm³/mol. The van der Waals surface area contributed by atoms with Crippen LogP contribution in [0.2, 0.25) is 0 Å². The highest BCUT2D eigenvalue weighted by Gasteiger charge is 2.37. The summed E-state index contributed by atoms with van der Waals surface area (Å²) in [6.07, 6.45) is 2.22. The molecule has 0 radical (unpaired) electrons. The Morgan fingerprint density at radius 3 is 2.67 bits per heavy atom. The smallest absolute Gasteiger partial charge is 0.250 e.